The number of rotatable bonds is 13. The van der Waals surface area contributed by atoms with Crippen molar-refractivity contribution in [3.05, 3.63) is 183 Å². The van der Waals surface area contributed by atoms with Gasteiger partial charge in [0.1, 0.15) is 34.3 Å². The highest BCUT2D eigenvalue weighted by atomic mass is 19.4. The fourth-order valence-corrected chi connectivity index (χ4v) is 10.1. The van der Waals surface area contributed by atoms with E-state index < -0.39 is 161 Å². The molecule has 2 heterocycles. The molecule has 4 atom stereocenters. The molecule has 0 aliphatic carbocycles. The van der Waals surface area contributed by atoms with Crippen LogP contribution in [0.4, 0.5) is 52.7 Å². The topological polar surface area (TPSA) is 324 Å². The average molecular weight is 1390 g/mol. The molecule has 2 aliphatic rings. The molecule has 0 fully saturated rings. The number of benzene rings is 8. The Hall–Kier alpha value is -11.0. The van der Waals surface area contributed by atoms with Crippen LogP contribution in [0, 0.1) is 0 Å². The molecular formula is C66H46F12O20. The van der Waals surface area contributed by atoms with Gasteiger partial charge in [-0.05, 0) is 130 Å². The minimum absolute atomic E-state index is 0.0891. The molecular weight excluding hydrogens is 1340 g/mol. The molecule has 8 aromatic rings. The van der Waals surface area contributed by atoms with Gasteiger partial charge in [-0.1, -0.05) is 48.5 Å². The second-order valence-corrected chi connectivity index (χ2v) is 22.3. The van der Waals surface area contributed by atoms with Crippen molar-refractivity contribution < 1.29 is 150 Å². The zero-order chi connectivity index (χ0) is 73.3. The fourth-order valence-electron chi connectivity index (χ4n) is 10.1. The van der Waals surface area contributed by atoms with Gasteiger partial charge < -0.3 is 59.4 Å². The number of esters is 5. The number of phenolic OH excluding ortho intramolecular Hbond substituents is 2. The highest BCUT2D eigenvalue weighted by Crippen LogP contribution is 2.52. The number of hydrogen-bond donors (Lipinski definition) is 7. The molecule has 7 N–H and O–H groups in total. The van der Waals surface area contributed by atoms with E-state index in [1.807, 2.05) is 0 Å². The Bertz CT molecular complexity index is 4530. The summed E-state index contributed by atoms with van der Waals surface area (Å²) in [4.78, 5) is 94.6. The number of phenols is 2. The molecule has 514 valence electrons. The van der Waals surface area contributed by atoms with E-state index in [4.69, 9.17) is 14.2 Å². The molecule has 10 rings (SSSR count). The SMILES string of the molecule is CC(O)(c1ccc2c(O)c(C(C)(O)C(F)(F)F)ccc2c1O)C(F)(F)F.COc1c(C(C)(O)C(F)(F)F)ccc2c(OC(=O)c3ccc(-c4ccc(C(C)=O)c(C(=O)O)c4)cc3OC=O)c(C(C)(O)C(F)(F)F)ccc12.O=C1OC(=O)c2cc(-c3ccc4c(c3)C(=O)OC4=O)ccc21. The van der Waals surface area contributed by atoms with Crippen LogP contribution in [-0.4, -0.2) is 116 Å². The molecule has 20 nitrogen and oxygen atoms in total. The number of aliphatic hydroxyl groups is 4. The number of carbonyl (C=O) groups excluding carboxylic acids is 7. The first-order valence-corrected chi connectivity index (χ1v) is 27.6. The first kappa shape index (κ1) is 72.9. The maximum absolute atomic E-state index is 14.1. The van der Waals surface area contributed by atoms with Crippen LogP contribution in [0.1, 0.15) is 129 Å². The molecule has 0 saturated carbocycles. The molecule has 8 aromatic carbocycles. The van der Waals surface area contributed by atoms with E-state index >= 15 is 0 Å². The van der Waals surface area contributed by atoms with Crippen LogP contribution in [-0.2, 0) is 36.7 Å². The van der Waals surface area contributed by atoms with E-state index in [1.54, 1.807) is 12.1 Å². The van der Waals surface area contributed by atoms with Crippen molar-refractivity contribution in [2.75, 3.05) is 7.11 Å². The Balaban J connectivity index is 0.000000211. The predicted molar refractivity (Wildman–Crippen MR) is 312 cm³/mol. The summed E-state index contributed by atoms with van der Waals surface area (Å²) in [7, 11) is 0.938. The van der Waals surface area contributed by atoms with Gasteiger partial charge in [0.05, 0.1) is 34.9 Å². The van der Waals surface area contributed by atoms with Gasteiger partial charge in [0.2, 0.25) is 0 Å². The number of hydrogen-bond acceptors (Lipinski definition) is 19. The summed E-state index contributed by atoms with van der Waals surface area (Å²) >= 11 is 0. The van der Waals surface area contributed by atoms with Crippen molar-refractivity contribution in [1.82, 2.24) is 0 Å². The Morgan fingerprint density at radius 2 is 0.765 bits per heavy atom. The summed E-state index contributed by atoms with van der Waals surface area (Å²) in [6.07, 6.45) is -20.9. The molecule has 0 amide bonds. The second kappa shape index (κ2) is 25.6. The third kappa shape index (κ3) is 13.1. The van der Waals surface area contributed by atoms with E-state index in [9.17, 15) is 127 Å². The Kier molecular flexibility index (Phi) is 19.0. The number of aromatic carboxylic acids is 1. The maximum Gasteiger partial charge on any atom is 0.421 e. The molecule has 0 saturated heterocycles. The number of methoxy groups -OCH3 is 1. The second-order valence-electron chi connectivity index (χ2n) is 22.3. The van der Waals surface area contributed by atoms with Crippen LogP contribution in [0.25, 0.3) is 43.8 Å². The Morgan fingerprint density at radius 1 is 0.429 bits per heavy atom. The van der Waals surface area contributed by atoms with E-state index in [0.717, 1.165) is 56.5 Å². The van der Waals surface area contributed by atoms with Crippen LogP contribution in [0.2, 0.25) is 0 Å². The van der Waals surface area contributed by atoms with Gasteiger partial charge in [0.25, 0.3) is 6.47 Å². The number of cyclic esters (lactones) is 4. The number of carboxylic acids is 1. The van der Waals surface area contributed by atoms with Crippen LogP contribution in [0.15, 0.2) is 121 Å². The average Bonchev–Trinajstić information content (AvgIpc) is 0.992. The zero-order valence-corrected chi connectivity index (χ0v) is 50.6. The lowest BCUT2D eigenvalue weighted by Crippen LogP contribution is -2.40. The van der Waals surface area contributed by atoms with Gasteiger partial charge in [-0.25, -0.2) is 28.8 Å². The lowest BCUT2D eigenvalue weighted by atomic mass is 9.88. The molecule has 0 aromatic heterocycles. The number of Topliss-reactive ketones (excluding diaryl/α,β-unsaturated/α-hetero) is 1. The van der Waals surface area contributed by atoms with Crippen molar-refractivity contribution in [1.29, 1.82) is 0 Å². The normalized spacial score (nSPS) is 15.5. The number of carboxylic acid groups (broad SMARTS) is 1. The summed E-state index contributed by atoms with van der Waals surface area (Å²) in [5.74, 6) is -10.4. The number of fused-ring (bicyclic) bond motifs is 4. The molecule has 32 heteroatoms. The number of aromatic hydroxyl groups is 2. The highest BCUT2D eigenvalue weighted by Gasteiger charge is 2.56. The molecule has 98 heavy (non-hydrogen) atoms. The first-order chi connectivity index (χ1) is 45.2. The number of halogens is 12. The predicted octanol–water partition coefficient (Wildman–Crippen LogP) is 12.5. The van der Waals surface area contributed by atoms with Gasteiger partial charge in [-0.15, -0.1) is 0 Å². The lowest BCUT2D eigenvalue weighted by Gasteiger charge is -2.31. The number of ether oxygens (including phenoxy) is 5. The molecule has 0 spiro atoms. The van der Waals surface area contributed by atoms with Gasteiger partial charge >= 0.3 is 60.5 Å². The first-order valence-electron chi connectivity index (χ1n) is 27.6. The number of ketones is 1. The summed E-state index contributed by atoms with van der Waals surface area (Å²) in [6, 6.07) is 22.4. The third-order valence-corrected chi connectivity index (χ3v) is 15.9. The summed E-state index contributed by atoms with van der Waals surface area (Å²) in [5, 5.41) is 68.4. The van der Waals surface area contributed by atoms with Crippen molar-refractivity contribution in [3.8, 4) is 51.0 Å². The van der Waals surface area contributed by atoms with Gasteiger partial charge in [0, 0.05) is 49.4 Å². The minimum atomic E-state index is -5.37. The molecule has 2 aliphatic heterocycles. The Labute approximate surface area is 541 Å². The van der Waals surface area contributed by atoms with Crippen LogP contribution in [0.5, 0.6) is 28.7 Å². The van der Waals surface area contributed by atoms with Gasteiger partial charge in [0.15, 0.2) is 28.2 Å². The summed E-state index contributed by atoms with van der Waals surface area (Å²) in [6.45, 7) is 2.65. The minimum Gasteiger partial charge on any atom is -0.507 e. The van der Waals surface area contributed by atoms with E-state index in [-0.39, 0.29) is 56.4 Å². The summed E-state index contributed by atoms with van der Waals surface area (Å²) < 4.78 is 186. The lowest BCUT2D eigenvalue weighted by molar-refractivity contribution is -0.259. The van der Waals surface area contributed by atoms with Crippen molar-refractivity contribution in [2.45, 2.75) is 81.7 Å². The van der Waals surface area contributed by atoms with Crippen LogP contribution < -0.4 is 14.2 Å². The quantitative estimate of drug-likeness (QED) is 0.0141. The van der Waals surface area contributed by atoms with E-state index in [2.05, 4.69) is 9.47 Å². The van der Waals surface area contributed by atoms with Gasteiger partial charge in [-0.2, -0.15) is 52.7 Å². The van der Waals surface area contributed by atoms with E-state index in [1.165, 1.54) is 42.5 Å². The van der Waals surface area contributed by atoms with Crippen molar-refractivity contribution in [2.24, 2.45) is 0 Å². The fraction of sp³-hybridized carbons (Fsp3) is 0.212. The maximum atomic E-state index is 14.1. The monoisotopic (exact) mass is 1390 g/mol. The third-order valence-electron chi connectivity index (χ3n) is 15.9. The van der Waals surface area contributed by atoms with Crippen molar-refractivity contribution in [3.63, 3.8) is 0 Å². The molecule has 0 bridgehead atoms. The largest absolute Gasteiger partial charge is 0.507 e. The molecule has 4 unspecified atom stereocenters. The zero-order valence-electron chi connectivity index (χ0n) is 50.6. The smallest absolute Gasteiger partial charge is 0.421 e. The van der Waals surface area contributed by atoms with Crippen LogP contribution in [0.3, 0.4) is 0 Å². The van der Waals surface area contributed by atoms with Gasteiger partial charge in [-0.3, -0.25) is 9.59 Å². The van der Waals surface area contributed by atoms with Crippen LogP contribution >= 0.6 is 0 Å². The van der Waals surface area contributed by atoms with E-state index in [0.29, 0.717) is 63.1 Å². The standard InChI is InChI=1S/C34H26F6O10.C16H14F6O4.C16H6O6/c1-16(42)19-7-5-17(13-23(19)29(43)44)18-6-8-22(26(14-18)49-15-41)30(45)50-28-21-10-11-24(31(2,46)33(35,36)37)27(48-4)20(21)9-12-25(28)32(3,47)34(38,39)40;1-13(25,15(17,18)19)9-5-3-8-7(11(9)23)4-6-10(12(8)24)14(2,26)16(20,21)22;17-13-9-3-1-7(5-11(9)15(19)21-13)8-2-4-10-12(6-8)16(20)22-14(10)18/h5-15,46-47H,1-4H3,(H,43,44);3-6,23-26H,1-2H3;1-6H. The van der Waals surface area contributed by atoms with Crippen molar-refractivity contribution >= 4 is 69.6 Å². The number of alkyl halides is 12. The Morgan fingerprint density at radius 3 is 1.15 bits per heavy atom. The summed E-state index contributed by atoms with van der Waals surface area (Å²) in [5.41, 5.74) is -16.4. The number of carbonyl (C=O) groups is 8. The highest BCUT2D eigenvalue weighted by molar-refractivity contribution is 6.17. The molecule has 0 radical (unpaired) electrons.